The highest BCUT2D eigenvalue weighted by molar-refractivity contribution is 6.08. The molecule has 4 nitrogen and oxygen atoms in total. The number of hydrogen-bond donors (Lipinski definition) is 1. The van der Waals surface area contributed by atoms with Crippen LogP contribution in [0.1, 0.15) is 38.8 Å². The number of carbonyl (C=O) groups is 2. The van der Waals surface area contributed by atoms with Gasteiger partial charge in [0, 0.05) is 5.56 Å². The van der Waals surface area contributed by atoms with Crippen LogP contribution in [-0.4, -0.2) is 18.5 Å². The number of benzene rings is 3. The van der Waals surface area contributed by atoms with Crippen LogP contribution in [0.5, 0.6) is 0 Å². The summed E-state index contributed by atoms with van der Waals surface area (Å²) in [6, 6.07) is 24.6. The molecule has 0 fully saturated rings. The summed E-state index contributed by atoms with van der Waals surface area (Å²) in [4.78, 5) is 25.1. The number of rotatable bonds is 7. The van der Waals surface area contributed by atoms with Crippen molar-refractivity contribution < 1.29 is 14.3 Å². The first-order valence-electron chi connectivity index (χ1n) is 9.38. The van der Waals surface area contributed by atoms with E-state index in [-0.39, 0.29) is 12.5 Å². The SMILES string of the molecule is CCOC(=O)c1ccccc1NC(=O)c1ccccc1CCc1ccccc1. The Hall–Kier alpha value is -3.40. The van der Waals surface area contributed by atoms with E-state index in [0.29, 0.717) is 16.8 Å². The Labute approximate surface area is 165 Å². The fourth-order valence-corrected chi connectivity index (χ4v) is 3.05. The molecule has 3 rings (SSSR count). The third-order valence-electron chi connectivity index (χ3n) is 4.46. The van der Waals surface area contributed by atoms with Crippen molar-refractivity contribution in [2.45, 2.75) is 19.8 Å². The summed E-state index contributed by atoms with van der Waals surface area (Å²) in [5, 5.41) is 2.86. The molecule has 0 radical (unpaired) electrons. The Morgan fingerprint density at radius 2 is 1.43 bits per heavy atom. The van der Waals surface area contributed by atoms with Gasteiger partial charge in [-0.2, -0.15) is 0 Å². The second kappa shape index (κ2) is 9.51. The fourth-order valence-electron chi connectivity index (χ4n) is 3.05. The zero-order valence-electron chi connectivity index (χ0n) is 15.9. The molecule has 1 N–H and O–H groups in total. The van der Waals surface area contributed by atoms with E-state index in [1.54, 1.807) is 31.2 Å². The highest BCUT2D eigenvalue weighted by Gasteiger charge is 2.16. The molecule has 0 aliphatic carbocycles. The van der Waals surface area contributed by atoms with E-state index in [1.807, 2.05) is 42.5 Å². The quantitative estimate of drug-likeness (QED) is 0.599. The van der Waals surface area contributed by atoms with Crippen molar-refractivity contribution in [3.8, 4) is 0 Å². The second-order valence-electron chi connectivity index (χ2n) is 6.36. The summed E-state index contributed by atoms with van der Waals surface area (Å²) in [6.07, 6.45) is 1.61. The summed E-state index contributed by atoms with van der Waals surface area (Å²) in [5.41, 5.74) is 3.60. The van der Waals surface area contributed by atoms with Crippen molar-refractivity contribution in [1.82, 2.24) is 0 Å². The Balaban J connectivity index is 1.78. The monoisotopic (exact) mass is 373 g/mol. The van der Waals surface area contributed by atoms with Crippen molar-refractivity contribution in [2.75, 3.05) is 11.9 Å². The number of para-hydroxylation sites is 1. The average molecular weight is 373 g/mol. The molecule has 0 aromatic heterocycles. The molecule has 1 amide bonds. The number of amides is 1. The Morgan fingerprint density at radius 3 is 2.18 bits per heavy atom. The lowest BCUT2D eigenvalue weighted by Gasteiger charge is -2.13. The van der Waals surface area contributed by atoms with Gasteiger partial charge in [0.1, 0.15) is 0 Å². The van der Waals surface area contributed by atoms with E-state index >= 15 is 0 Å². The molecule has 3 aromatic rings. The van der Waals surface area contributed by atoms with Crippen LogP contribution in [0.2, 0.25) is 0 Å². The molecule has 28 heavy (non-hydrogen) atoms. The van der Waals surface area contributed by atoms with Crippen molar-refractivity contribution in [3.63, 3.8) is 0 Å². The predicted molar refractivity (Wildman–Crippen MR) is 111 cm³/mol. The van der Waals surface area contributed by atoms with Crippen LogP contribution < -0.4 is 5.32 Å². The summed E-state index contributed by atoms with van der Waals surface area (Å²) < 4.78 is 5.08. The fraction of sp³-hybridized carbons (Fsp3) is 0.167. The minimum Gasteiger partial charge on any atom is -0.462 e. The molecular weight excluding hydrogens is 350 g/mol. The van der Waals surface area contributed by atoms with E-state index in [1.165, 1.54) is 5.56 Å². The molecule has 0 spiro atoms. The van der Waals surface area contributed by atoms with E-state index in [4.69, 9.17) is 4.74 Å². The molecule has 0 aliphatic heterocycles. The summed E-state index contributed by atoms with van der Waals surface area (Å²) >= 11 is 0. The number of nitrogens with one attached hydrogen (secondary N) is 1. The van der Waals surface area contributed by atoms with Gasteiger partial charge in [-0.25, -0.2) is 4.79 Å². The topological polar surface area (TPSA) is 55.4 Å². The van der Waals surface area contributed by atoms with Gasteiger partial charge in [0.05, 0.1) is 17.9 Å². The van der Waals surface area contributed by atoms with Gasteiger partial charge in [0.2, 0.25) is 0 Å². The number of esters is 1. The lowest BCUT2D eigenvalue weighted by molar-refractivity contribution is 0.0527. The minimum atomic E-state index is -0.448. The maximum Gasteiger partial charge on any atom is 0.340 e. The number of ether oxygens (including phenoxy) is 1. The lowest BCUT2D eigenvalue weighted by Crippen LogP contribution is -2.17. The molecular formula is C24H23NO3. The predicted octanol–water partition coefficient (Wildman–Crippen LogP) is 4.90. The third-order valence-corrected chi connectivity index (χ3v) is 4.46. The molecule has 4 heteroatoms. The highest BCUT2D eigenvalue weighted by atomic mass is 16.5. The van der Waals surface area contributed by atoms with Gasteiger partial charge in [-0.15, -0.1) is 0 Å². The molecule has 0 aliphatic rings. The molecule has 142 valence electrons. The lowest BCUT2D eigenvalue weighted by atomic mass is 9.99. The van der Waals surface area contributed by atoms with Gasteiger partial charge in [0.15, 0.2) is 0 Å². The maximum absolute atomic E-state index is 12.9. The van der Waals surface area contributed by atoms with Gasteiger partial charge in [-0.3, -0.25) is 4.79 Å². The molecule has 3 aromatic carbocycles. The second-order valence-corrected chi connectivity index (χ2v) is 6.36. The standard InChI is InChI=1S/C24H23NO3/c1-2-28-24(27)21-14-8-9-15-22(21)25-23(26)20-13-7-6-12-19(20)17-16-18-10-4-3-5-11-18/h3-15H,2,16-17H2,1H3,(H,25,26). The summed E-state index contributed by atoms with van der Waals surface area (Å²) in [7, 11) is 0. The first-order valence-corrected chi connectivity index (χ1v) is 9.38. The van der Waals surface area contributed by atoms with Gasteiger partial charge in [-0.1, -0.05) is 60.7 Å². The maximum atomic E-state index is 12.9. The van der Waals surface area contributed by atoms with Crippen molar-refractivity contribution >= 4 is 17.6 Å². The number of hydrogen-bond acceptors (Lipinski definition) is 3. The Kier molecular flexibility index (Phi) is 6.58. The van der Waals surface area contributed by atoms with Crippen LogP contribution in [0, 0.1) is 0 Å². The van der Waals surface area contributed by atoms with Crippen molar-refractivity contribution in [3.05, 3.63) is 101 Å². The van der Waals surface area contributed by atoms with Gasteiger partial charge in [-0.05, 0) is 49.1 Å². The van der Waals surface area contributed by atoms with E-state index in [2.05, 4.69) is 17.4 Å². The largest absolute Gasteiger partial charge is 0.462 e. The van der Waals surface area contributed by atoms with Crippen LogP contribution in [0.3, 0.4) is 0 Å². The summed E-state index contributed by atoms with van der Waals surface area (Å²) in [6.45, 7) is 2.03. The van der Waals surface area contributed by atoms with Crippen LogP contribution in [-0.2, 0) is 17.6 Å². The molecule has 0 unspecified atom stereocenters. The number of aryl methyl sites for hydroxylation is 2. The van der Waals surface area contributed by atoms with Crippen LogP contribution in [0.4, 0.5) is 5.69 Å². The van der Waals surface area contributed by atoms with Gasteiger partial charge in [0.25, 0.3) is 5.91 Å². The van der Waals surface area contributed by atoms with Crippen molar-refractivity contribution in [2.24, 2.45) is 0 Å². The summed E-state index contributed by atoms with van der Waals surface area (Å²) in [5.74, 6) is -0.684. The molecule has 0 heterocycles. The molecule has 0 saturated carbocycles. The van der Waals surface area contributed by atoms with Crippen LogP contribution in [0.15, 0.2) is 78.9 Å². The Bertz CT molecular complexity index is 951. The van der Waals surface area contributed by atoms with Gasteiger partial charge < -0.3 is 10.1 Å². The first-order chi connectivity index (χ1) is 13.7. The molecule has 0 bridgehead atoms. The van der Waals surface area contributed by atoms with E-state index < -0.39 is 5.97 Å². The van der Waals surface area contributed by atoms with Crippen LogP contribution in [0.25, 0.3) is 0 Å². The smallest absolute Gasteiger partial charge is 0.340 e. The first kappa shape index (κ1) is 19.4. The van der Waals surface area contributed by atoms with E-state index in [0.717, 1.165) is 18.4 Å². The molecule has 0 saturated heterocycles. The number of carbonyl (C=O) groups excluding carboxylic acids is 2. The zero-order valence-corrected chi connectivity index (χ0v) is 15.9. The average Bonchev–Trinajstić information content (AvgIpc) is 2.73. The van der Waals surface area contributed by atoms with Gasteiger partial charge >= 0.3 is 5.97 Å². The minimum absolute atomic E-state index is 0.236. The normalized spacial score (nSPS) is 10.3. The van der Waals surface area contributed by atoms with Crippen LogP contribution >= 0.6 is 0 Å². The van der Waals surface area contributed by atoms with Crippen molar-refractivity contribution in [1.29, 1.82) is 0 Å². The molecule has 0 atom stereocenters. The van der Waals surface area contributed by atoms with E-state index in [9.17, 15) is 9.59 Å². The number of anilines is 1. The highest BCUT2D eigenvalue weighted by Crippen LogP contribution is 2.19. The Morgan fingerprint density at radius 1 is 0.786 bits per heavy atom. The third kappa shape index (κ3) is 4.86. The zero-order chi connectivity index (χ0) is 19.8.